The van der Waals surface area contributed by atoms with Gasteiger partial charge in [0.2, 0.25) is 0 Å². The van der Waals surface area contributed by atoms with Gasteiger partial charge in [-0.3, -0.25) is 4.79 Å². The maximum atomic E-state index is 12.0. The lowest BCUT2D eigenvalue weighted by atomic mass is 10.2. The van der Waals surface area contributed by atoms with Gasteiger partial charge in [0.15, 0.2) is 6.61 Å². The number of rotatable bonds is 9. The summed E-state index contributed by atoms with van der Waals surface area (Å²) in [5, 5.41) is 2.72. The topological polar surface area (TPSA) is 64.6 Å². The molecule has 0 saturated carbocycles. The van der Waals surface area contributed by atoms with Gasteiger partial charge in [-0.15, -0.1) is 11.8 Å². The third-order valence-corrected chi connectivity index (χ3v) is 3.79. The molecule has 0 radical (unpaired) electrons. The lowest BCUT2D eigenvalue weighted by Gasteiger charge is -2.10. The molecule has 0 heterocycles. The number of esters is 1. The summed E-state index contributed by atoms with van der Waals surface area (Å²) < 4.78 is 10.2. The van der Waals surface area contributed by atoms with Crippen LogP contribution in [0.3, 0.4) is 0 Å². The standard InChI is InChI=1S/C16H23NO4S/c1-4-5-6-9-17-15(18)11-21-16(19)13-8-7-12(22-3)10-14(13)20-2/h7-8,10H,4-6,9,11H2,1-3H3,(H,17,18). The molecule has 0 aliphatic carbocycles. The molecule has 0 bridgehead atoms. The first kappa shape index (κ1) is 18.4. The Hall–Kier alpha value is -1.69. The molecule has 1 amide bonds. The van der Waals surface area contributed by atoms with Crippen molar-refractivity contribution in [1.82, 2.24) is 5.32 Å². The molecule has 6 heteroatoms. The average Bonchev–Trinajstić information content (AvgIpc) is 2.55. The molecule has 0 atom stereocenters. The largest absolute Gasteiger partial charge is 0.496 e. The molecule has 1 aromatic carbocycles. The second kappa shape index (κ2) is 10.1. The molecule has 0 fully saturated rings. The van der Waals surface area contributed by atoms with Crippen molar-refractivity contribution in [3.63, 3.8) is 0 Å². The monoisotopic (exact) mass is 325 g/mol. The molecular formula is C16H23NO4S. The van der Waals surface area contributed by atoms with Gasteiger partial charge >= 0.3 is 5.97 Å². The molecule has 1 aromatic rings. The van der Waals surface area contributed by atoms with Crippen molar-refractivity contribution >= 4 is 23.6 Å². The molecule has 0 unspecified atom stereocenters. The van der Waals surface area contributed by atoms with Crippen LogP contribution in [0, 0.1) is 0 Å². The highest BCUT2D eigenvalue weighted by molar-refractivity contribution is 7.98. The third kappa shape index (κ3) is 5.97. The van der Waals surface area contributed by atoms with Gasteiger partial charge < -0.3 is 14.8 Å². The lowest BCUT2D eigenvalue weighted by molar-refractivity contribution is -0.124. The van der Waals surface area contributed by atoms with Crippen LogP contribution in [0.4, 0.5) is 0 Å². The number of amides is 1. The van der Waals surface area contributed by atoms with Crippen LogP contribution in [0.5, 0.6) is 5.75 Å². The molecule has 1 N–H and O–H groups in total. The smallest absolute Gasteiger partial charge is 0.342 e. The fourth-order valence-electron chi connectivity index (χ4n) is 1.83. The van der Waals surface area contributed by atoms with Gasteiger partial charge in [-0.05, 0) is 30.9 Å². The highest BCUT2D eigenvalue weighted by Crippen LogP contribution is 2.25. The quantitative estimate of drug-likeness (QED) is 0.430. The van der Waals surface area contributed by atoms with E-state index >= 15 is 0 Å². The Labute approximate surface area is 135 Å². The van der Waals surface area contributed by atoms with Gasteiger partial charge in [0, 0.05) is 11.4 Å². The van der Waals surface area contributed by atoms with Gasteiger partial charge in [0.05, 0.1) is 7.11 Å². The van der Waals surface area contributed by atoms with Gasteiger partial charge in [-0.25, -0.2) is 4.79 Å². The Kier molecular flexibility index (Phi) is 8.43. The Morgan fingerprint density at radius 2 is 2.05 bits per heavy atom. The maximum absolute atomic E-state index is 12.0. The van der Waals surface area contributed by atoms with Crippen LogP contribution in [-0.4, -0.2) is 38.4 Å². The van der Waals surface area contributed by atoms with E-state index in [1.54, 1.807) is 23.9 Å². The van der Waals surface area contributed by atoms with Crippen molar-refractivity contribution in [3.05, 3.63) is 23.8 Å². The number of ether oxygens (including phenoxy) is 2. The summed E-state index contributed by atoms with van der Waals surface area (Å²) in [6.07, 6.45) is 5.03. The van der Waals surface area contributed by atoms with Crippen molar-refractivity contribution < 1.29 is 19.1 Å². The summed E-state index contributed by atoms with van der Waals surface area (Å²) in [5.74, 6) is -0.405. The minimum absolute atomic E-state index is 0.279. The van der Waals surface area contributed by atoms with E-state index in [1.807, 2.05) is 12.3 Å². The molecule has 0 spiro atoms. The highest BCUT2D eigenvalue weighted by atomic mass is 32.2. The van der Waals surface area contributed by atoms with Gasteiger partial charge in [-0.2, -0.15) is 0 Å². The Balaban J connectivity index is 2.50. The first-order valence-electron chi connectivity index (χ1n) is 7.28. The van der Waals surface area contributed by atoms with E-state index in [0.29, 0.717) is 17.9 Å². The number of benzene rings is 1. The van der Waals surface area contributed by atoms with Gasteiger partial charge in [0.1, 0.15) is 11.3 Å². The van der Waals surface area contributed by atoms with E-state index in [0.717, 1.165) is 24.2 Å². The Morgan fingerprint density at radius 3 is 2.68 bits per heavy atom. The van der Waals surface area contributed by atoms with E-state index in [-0.39, 0.29) is 12.5 Å². The number of carbonyl (C=O) groups excluding carboxylic acids is 2. The molecule has 22 heavy (non-hydrogen) atoms. The molecule has 0 aliphatic heterocycles. The van der Waals surface area contributed by atoms with Crippen LogP contribution in [0.2, 0.25) is 0 Å². The number of unbranched alkanes of at least 4 members (excludes halogenated alkanes) is 2. The van der Waals surface area contributed by atoms with Crippen LogP contribution in [0.1, 0.15) is 36.5 Å². The number of hydrogen-bond acceptors (Lipinski definition) is 5. The number of nitrogens with one attached hydrogen (secondary N) is 1. The van der Waals surface area contributed by atoms with Crippen LogP contribution in [0.15, 0.2) is 23.1 Å². The van der Waals surface area contributed by atoms with Crippen LogP contribution < -0.4 is 10.1 Å². The second-order valence-electron chi connectivity index (χ2n) is 4.70. The van der Waals surface area contributed by atoms with E-state index < -0.39 is 5.97 Å². The normalized spacial score (nSPS) is 10.1. The molecule has 0 aromatic heterocycles. The molecule has 0 aliphatic rings. The van der Waals surface area contributed by atoms with E-state index in [9.17, 15) is 9.59 Å². The Morgan fingerprint density at radius 1 is 1.27 bits per heavy atom. The van der Waals surface area contributed by atoms with Crippen molar-refractivity contribution in [2.45, 2.75) is 31.1 Å². The first-order chi connectivity index (χ1) is 10.6. The minimum Gasteiger partial charge on any atom is -0.496 e. The van der Waals surface area contributed by atoms with E-state index in [1.165, 1.54) is 7.11 Å². The van der Waals surface area contributed by atoms with Gasteiger partial charge in [-0.1, -0.05) is 19.8 Å². The molecular weight excluding hydrogens is 302 g/mol. The fraction of sp³-hybridized carbons (Fsp3) is 0.500. The van der Waals surface area contributed by atoms with Crippen molar-refractivity contribution in [1.29, 1.82) is 0 Å². The fourth-order valence-corrected chi connectivity index (χ4v) is 2.26. The van der Waals surface area contributed by atoms with E-state index in [4.69, 9.17) is 9.47 Å². The summed E-state index contributed by atoms with van der Waals surface area (Å²) in [7, 11) is 1.50. The number of hydrogen-bond donors (Lipinski definition) is 1. The summed E-state index contributed by atoms with van der Waals surface area (Å²) in [6, 6.07) is 5.23. The lowest BCUT2D eigenvalue weighted by Crippen LogP contribution is -2.29. The van der Waals surface area contributed by atoms with Crippen LogP contribution >= 0.6 is 11.8 Å². The zero-order valence-electron chi connectivity index (χ0n) is 13.3. The first-order valence-corrected chi connectivity index (χ1v) is 8.50. The summed E-state index contributed by atoms with van der Waals surface area (Å²) in [4.78, 5) is 24.6. The van der Waals surface area contributed by atoms with Crippen molar-refractivity contribution in [2.24, 2.45) is 0 Å². The van der Waals surface area contributed by atoms with E-state index in [2.05, 4.69) is 12.2 Å². The zero-order valence-corrected chi connectivity index (χ0v) is 14.1. The van der Waals surface area contributed by atoms with Crippen LogP contribution in [0.25, 0.3) is 0 Å². The number of thioether (sulfide) groups is 1. The van der Waals surface area contributed by atoms with Crippen LogP contribution in [-0.2, 0) is 9.53 Å². The third-order valence-electron chi connectivity index (χ3n) is 3.07. The summed E-state index contributed by atoms with van der Waals surface area (Å²) in [5.41, 5.74) is 0.319. The maximum Gasteiger partial charge on any atom is 0.342 e. The van der Waals surface area contributed by atoms with Gasteiger partial charge in [0.25, 0.3) is 5.91 Å². The number of methoxy groups -OCH3 is 1. The predicted molar refractivity (Wildman–Crippen MR) is 87.6 cm³/mol. The number of carbonyl (C=O) groups is 2. The molecule has 1 rings (SSSR count). The van der Waals surface area contributed by atoms with Crippen molar-refractivity contribution in [2.75, 3.05) is 26.5 Å². The summed E-state index contributed by atoms with van der Waals surface area (Å²) >= 11 is 1.55. The molecule has 122 valence electrons. The SMILES string of the molecule is CCCCCNC(=O)COC(=O)c1ccc(SC)cc1OC. The minimum atomic E-state index is -0.562. The summed E-state index contributed by atoms with van der Waals surface area (Å²) in [6.45, 7) is 2.42. The predicted octanol–water partition coefficient (Wildman–Crippen LogP) is 2.88. The van der Waals surface area contributed by atoms with Crippen molar-refractivity contribution in [3.8, 4) is 5.75 Å². The zero-order chi connectivity index (χ0) is 16.4. The Bertz CT molecular complexity index is 505. The second-order valence-corrected chi connectivity index (χ2v) is 5.58. The average molecular weight is 325 g/mol. The molecule has 5 nitrogen and oxygen atoms in total. The molecule has 0 saturated heterocycles. The highest BCUT2D eigenvalue weighted by Gasteiger charge is 2.15.